The number of carbonyl (C=O) groups excluding carboxylic acids is 2. The average molecular weight is 349 g/mol. The van der Waals surface area contributed by atoms with Crippen LogP contribution in [0.5, 0.6) is 0 Å². The molecule has 0 fully saturated rings. The standard InChI is InChI=1S/C21H23N3O2/c1-16(17-8-4-2-5-9-17)22-20(25)12-13-21(26)24-15-14-19(23-24)18-10-6-3-7-11-18/h2-11,16H,12-15H2,1H3,(H,22,25). The summed E-state index contributed by atoms with van der Waals surface area (Å²) in [6.07, 6.45) is 1.08. The molecule has 5 heteroatoms. The summed E-state index contributed by atoms with van der Waals surface area (Å²) >= 11 is 0. The van der Waals surface area contributed by atoms with Crippen LogP contribution < -0.4 is 5.32 Å². The van der Waals surface area contributed by atoms with E-state index < -0.39 is 0 Å². The van der Waals surface area contributed by atoms with Crippen LogP contribution in [0.25, 0.3) is 0 Å². The highest BCUT2D eigenvalue weighted by atomic mass is 16.2. The Hall–Kier alpha value is -2.95. The number of benzene rings is 2. The molecule has 1 N–H and O–H groups in total. The van der Waals surface area contributed by atoms with E-state index in [4.69, 9.17) is 0 Å². The molecular formula is C21H23N3O2. The lowest BCUT2D eigenvalue weighted by atomic mass is 10.1. The van der Waals surface area contributed by atoms with Crippen LogP contribution in [0.1, 0.15) is 43.4 Å². The van der Waals surface area contributed by atoms with E-state index in [0.717, 1.165) is 23.3 Å². The van der Waals surface area contributed by atoms with E-state index in [-0.39, 0.29) is 30.7 Å². The Bertz CT molecular complexity index is 787. The number of hydrogen-bond acceptors (Lipinski definition) is 3. The van der Waals surface area contributed by atoms with Gasteiger partial charge in [0.25, 0.3) is 0 Å². The first-order chi connectivity index (χ1) is 12.6. The number of hydrogen-bond donors (Lipinski definition) is 1. The highest BCUT2D eigenvalue weighted by Crippen LogP contribution is 2.15. The molecule has 1 aliphatic rings. The summed E-state index contributed by atoms with van der Waals surface area (Å²) in [6.45, 7) is 2.51. The summed E-state index contributed by atoms with van der Waals surface area (Å²) in [6, 6.07) is 19.5. The van der Waals surface area contributed by atoms with E-state index in [9.17, 15) is 9.59 Å². The number of hydrazone groups is 1. The van der Waals surface area contributed by atoms with E-state index in [1.807, 2.05) is 67.6 Å². The quantitative estimate of drug-likeness (QED) is 0.870. The van der Waals surface area contributed by atoms with Crippen LogP contribution >= 0.6 is 0 Å². The monoisotopic (exact) mass is 349 g/mol. The minimum absolute atomic E-state index is 0.0757. The molecule has 2 amide bonds. The highest BCUT2D eigenvalue weighted by molar-refractivity contribution is 6.02. The van der Waals surface area contributed by atoms with Gasteiger partial charge in [0.2, 0.25) is 11.8 Å². The molecule has 0 bridgehead atoms. The molecule has 3 rings (SSSR count). The first-order valence-corrected chi connectivity index (χ1v) is 8.91. The van der Waals surface area contributed by atoms with Crippen molar-refractivity contribution >= 4 is 17.5 Å². The molecule has 2 aromatic carbocycles. The minimum atomic E-state index is -0.124. The lowest BCUT2D eigenvalue weighted by molar-refractivity contribution is -0.133. The molecule has 0 saturated heterocycles. The Balaban J connectivity index is 1.48. The maximum atomic E-state index is 12.3. The molecule has 134 valence electrons. The predicted molar refractivity (Wildman–Crippen MR) is 102 cm³/mol. The smallest absolute Gasteiger partial charge is 0.243 e. The zero-order valence-electron chi connectivity index (χ0n) is 14.9. The fraction of sp³-hybridized carbons (Fsp3) is 0.286. The summed E-state index contributed by atoms with van der Waals surface area (Å²) in [4.78, 5) is 24.4. The van der Waals surface area contributed by atoms with Crippen LogP contribution in [-0.2, 0) is 9.59 Å². The molecule has 1 unspecified atom stereocenters. The van der Waals surface area contributed by atoms with E-state index in [0.29, 0.717) is 6.54 Å². The maximum absolute atomic E-state index is 12.3. The molecular weight excluding hydrogens is 326 g/mol. The van der Waals surface area contributed by atoms with Gasteiger partial charge in [0.1, 0.15) is 0 Å². The second-order valence-corrected chi connectivity index (χ2v) is 6.38. The molecule has 1 atom stereocenters. The van der Waals surface area contributed by atoms with E-state index >= 15 is 0 Å². The normalized spacial score (nSPS) is 14.7. The van der Waals surface area contributed by atoms with Gasteiger partial charge < -0.3 is 5.32 Å². The van der Waals surface area contributed by atoms with Gasteiger partial charge in [0.15, 0.2) is 0 Å². The first kappa shape index (κ1) is 17.9. The molecule has 1 heterocycles. The van der Waals surface area contributed by atoms with Gasteiger partial charge in [-0.3, -0.25) is 9.59 Å². The van der Waals surface area contributed by atoms with Crippen LogP contribution in [0.15, 0.2) is 65.8 Å². The molecule has 26 heavy (non-hydrogen) atoms. The third-order valence-corrected chi connectivity index (χ3v) is 4.44. The lowest BCUT2D eigenvalue weighted by Gasteiger charge is -2.15. The van der Waals surface area contributed by atoms with Crippen LogP contribution in [0.4, 0.5) is 0 Å². The predicted octanol–water partition coefficient (Wildman–Crippen LogP) is 3.28. The topological polar surface area (TPSA) is 61.8 Å². The van der Waals surface area contributed by atoms with Crippen LogP contribution in [0.3, 0.4) is 0 Å². The third-order valence-electron chi connectivity index (χ3n) is 4.44. The first-order valence-electron chi connectivity index (χ1n) is 8.91. The van der Waals surface area contributed by atoms with Gasteiger partial charge in [0.05, 0.1) is 18.3 Å². The summed E-state index contributed by atoms with van der Waals surface area (Å²) in [5, 5.41) is 8.83. The SMILES string of the molecule is CC(NC(=O)CCC(=O)N1CCC(c2ccccc2)=N1)c1ccccc1. The van der Waals surface area contributed by atoms with Crippen molar-refractivity contribution in [2.24, 2.45) is 5.10 Å². The summed E-state index contributed by atoms with van der Waals surface area (Å²) in [7, 11) is 0. The Morgan fingerprint density at radius 3 is 2.38 bits per heavy atom. The third kappa shape index (κ3) is 4.57. The van der Waals surface area contributed by atoms with Crippen molar-refractivity contribution in [1.82, 2.24) is 10.3 Å². The maximum Gasteiger partial charge on any atom is 0.243 e. The summed E-state index contributed by atoms with van der Waals surface area (Å²) in [5.41, 5.74) is 3.00. The number of nitrogens with one attached hydrogen (secondary N) is 1. The number of rotatable bonds is 6. The van der Waals surface area contributed by atoms with Crippen molar-refractivity contribution < 1.29 is 9.59 Å². The van der Waals surface area contributed by atoms with Gasteiger partial charge in [-0.2, -0.15) is 5.10 Å². The van der Waals surface area contributed by atoms with Crippen molar-refractivity contribution in [3.8, 4) is 0 Å². The van der Waals surface area contributed by atoms with Gasteiger partial charge in [-0.05, 0) is 18.1 Å². The van der Waals surface area contributed by atoms with Crippen molar-refractivity contribution in [3.05, 3.63) is 71.8 Å². The van der Waals surface area contributed by atoms with E-state index in [2.05, 4.69) is 10.4 Å². The van der Waals surface area contributed by atoms with Crippen molar-refractivity contribution in [3.63, 3.8) is 0 Å². The van der Waals surface area contributed by atoms with Crippen LogP contribution in [0, 0.1) is 0 Å². The zero-order valence-corrected chi connectivity index (χ0v) is 14.9. The number of carbonyl (C=O) groups is 2. The Morgan fingerprint density at radius 2 is 1.69 bits per heavy atom. The number of nitrogens with zero attached hydrogens (tertiary/aromatic N) is 2. The minimum Gasteiger partial charge on any atom is -0.350 e. The van der Waals surface area contributed by atoms with Crippen molar-refractivity contribution in [2.75, 3.05) is 6.54 Å². The lowest BCUT2D eigenvalue weighted by Crippen LogP contribution is -2.29. The Labute approximate surface area is 153 Å². The molecule has 0 saturated carbocycles. The van der Waals surface area contributed by atoms with E-state index in [1.165, 1.54) is 5.01 Å². The van der Waals surface area contributed by atoms with Gasteiger partial charge in [0, 0.05) is 19.3 Å². The molecule has 5 nitrogen and oxygen atoms in total. The van der Waals surface area contributed by atoms with Crippen molar-refractivity contribution in [2.45, 2.75) is 32.2 Å². The number of amides is 2. The van der Waals surface area contributed by atoms with Crippen molar-refractivity contribution in [1.29, 1.82) is 0 Å². The second kappa shape index (κ2) is 8.43. The fourth-order valence-electron chi connectivity index (χ4n) is 2.96. The molecule has 0 aromatic heterocycles. The van der Waals surface area contributed by atoms with Crippen LogP contribution in [0.2, 0.25) is 0 Å². The highest BCUT2D eigenvalue weighted by Gasteiger charge is 2.22. The summed E-state index contributed by atoms with van der Waals surface area (Å²) in [5.74, 6) is -0.236. The van der Waals surface area contributed by atoms with Gasteiger partial charge in [-0.15, -0.1) is 0 Å². The molecule has 0 radical (unpaired) electrons. The molecule has 0 aliphatic carbocycles. The largest absolute Gasteiger partial charge is 0.350 e. The van der Waals surface area contributed by atoms with Gasteiger partial charge >= 0.3 is 0 Å². The Morgan fingerprint density at radius 1 is 1.04 bits per heavy atom. The Kier molecular flexibility index (Phi) is 5.79. The fourth-order valence-corrected chi connectivity index (χ4v) is 2.96. The van der Waals surface area contributed by atoms with Gasteiger partial charge in [-0.25, -0.2) is 5.01 Å². The van der Waals surface area contributed by atoms with E-state index in [1.54, 1.807) is 0 Å². The molecule has 2 aromatic rings. The summed E-state index contributed by atoms with van der Waals surface area (Å²) < 4.78 is 0. The zero-order chi connectivity index (χ0) is 18.4. The van der Waals surface area contributed by atoms with Gasteiger partial charge in [-0.1, -0.05) is 60.7 Å². The van der Waals surface area contributed by atoms with Crippen LogP contribution in [-0.4, -0.2) is 29.1 Å². The molecule has 1 aliphatic heterocycles. The molecule has 0 spiro atoms. The second-order valence-electron chi connectivity index (χ2n) is 6.38. The average Bonchev–Trinajstić information content (AvgIpc) is 3.18.